The lowest BCUT2D eigenvalue weighted by Gasteiger charge is -2.17. The third-order valence-electron chi connectivity index (χ3n) is 2.31. The topological polar surface area (TPSA) is 12.0 Å². The number of aryl methyl sites for hydroxylation is 1. The standard InChI is InChI=1S/C12H16ClN/c1-8(2)12(14-4)10-6-5-9(3)11(13)7-10/h5-7,12,14H,1H2,2-4H3. The zero-order valence-corrected chi connectivity index (χ0v) is 9.65. The number of nitrogens with one attached hydrogen (secondary N) is 1. The molecule has 0 radical (unpaired) electrons. The van der Waals surface area contributed by atoms with Crippen LogP contribution in [0.4, 0.5) is 0 Å². The molecule has 1 atom stereocenters. The number of hydrogen-bond acceptors (Lipinski definition) is 1. The summed E-state index contributed by atoms with van der Waals surface area (Å²) in [6.45, 7) is 7.96. The highest BCUT2D eigenvalue weighted by atomic mass is 35.5. The Morgan fingerprint density at radius 1 is 1.50 bits per heavy atom. The van der Waals surface area contributed by atoms with Gasteiger partial charge in [0, 0.05) is 5.02 Å². The maximum absolute atomic E-state index is 6.06. The van der Waals surface area contributed by atoms with Crippen molar-refractivity contribution in [3.05, 3.63) is 46.5 Å². The second kappa shape index (κ2) is 4.63. The molecule has 1 aromatic carbocycles. The Hall–Kier alpha value is -0.790. The van der Waals surface area contributed by atoms with E-state index >= 15 is 0 Å². The Balaban J connectivity index is 3.06. The van der Waals surface area contributed by atoms with Gasteiger partial charge in [-0.3, -0.25) is 0 Å². The zero-order chi connectivity index (χ0) is 10.7. The first-order chi connectivity index (χ1) is 6.56. The Kier molecular flexibility index (Phi) is 3.73. The normalized spacial score (nSPS) is 12.6. The molecule has 0 aliphatic carbocycles. The second-order valence-corrected chi connectivity index (χ2v) is 3.98. The van der Waals surface area contributed by atoms with Crippen molar-refractivity contribution in [2.75, 3.05) is 7.05 Å². The van der Waals surface area contributed by atoms with Crippen molar-refractivity contribution in [3.63, 3.8) is 0 Å². The highest BCUT2D eigenvalue weighted by Gasteiger charge is 2.10. The van der Waals surface area contributed by atoms with E-state index in [1.807, 2.05) is 33.0 Å². The minimum absolute atomic E-state index is 0.188. The Bertz CT molecular complexity index is 344. The van der Waals surface area contributed by atoms with Crippen LogP contribution in [0.1, 0.15) is 24.1 Å². The zero-order valence-electron chi connectivity index (χ0n) is 8.89. The Morgan fingerprint density at radius 2 is 2.14 bits per heavy atom. The number of likely N-dealkylation sites (N-methyl/N-ethyl adjacent to an activating group) is 1. The van der Waals surface area contributed by atoms with Gasteiger partial charge in [-0.05, 0) is 38.1 Å². The van der Waals surface area contributed by atoms with Gasteiger partial charge in [0.15, 0.2) is 0 Å². The first-order valence-electron chi connectivity index (χ1n) is 4.65. The SMILES string of the molecule is C=C(C)C(NC)c1ccc(C)c(Cl)c1. The minimum atomic E-state index is 0.188. The van der Waals surface area contributed by atoms with Gasteiger partial charge in [-0.2, -0.15) is 0 Å². The molecule has 0 fully saturated rings. The van der Waals surface area contributed by atoms with Crippen LogP contribution in [0.3, 0.4) is 0 Å². The molecule has 1 rings (SSSR count). The van der Waals surface area contributed by atoms with Gasteiger partial charge in [-0.1, -0.05) is 35.9 Å². The van der Waals surface area contributed by atoms with E-state index < -0.39 is 0 Å². The van der Waals surface area contributed by atoms with Gasteiger partial charge < -0.3 is 5.32 Å². The summed E-state index contributed by atoms with van der Waals surface area (Å²) in [5.41, 5.74) is 3.36. The van der Waals surface area contributed by atoms with Crippen molar-refractivity contribution in [3.8, 4) is 0 Å². The number of benzene rings is 1. The van der Waals surface area contributed by atoms with E-state index in [0.29, 0.717) is 0 Å². The van der Waals surface area contributed by atoms with Gasteiger partial charge in [0.1, 0.15) is 0 Å². The molecule has 0 aliphatic heterocycles. The third kappa shape index (κ3) is 2.37. The molecule has 1 nitrogen and oxygen atoms in total. The van der Waals surface area contributed by atoms with Gasteiger partial charge in [0.25, 0.3) is 0 Å². The second-order valence-electron chi connectivity index (χ2n) is 3.58. The fraction of sp³-hybridized carbons (Fsp3) is 0.333. The van der Waals surface area contributed by atoms with Crippen LogP contribution in [-0.4, -0.2) is 7.05 Å². The molecule has 14 heavy (non-hydrogen) atoms. The fourth-order valence-corrected chi connectivity index (χ4v) is 1.68. The molecule has 0 saturated heterocycles. The van der Waals surface area contributed by atoms with Crippen molar-refractivity contribution in [2.45, 2.75) is 19.9 Å². The number of halogens is 1. The van der Waals surface area contributed by atoms with E-state index in [2.05, 4.69) is 18.0 Å². The summed E-state index contributed by atoms with van der Waals surface area (Å²) >= 11 is 6.06. The van der Waals surface area contributed by atoms with Crippen LogP contribution >= 0.6 is 11.6 Å². The predicted molar refractivity (Wildman–Crippen MR) is 62.8 cm³/mol. The maximum atomic E-state index is 6.06. The van der Waals surface area contributed by atoms with E-state index in [9.17, 15) is 0 Å². The quantitative estimate of drug-likeness (QED) is 0.752. The minimum Gasteiger partial charge on any atom is -0.310 e. The monoisotopic (exact) mass is 209 g/mol. The first-order valence-corrected chi connectivity index (χ1v) is 5.02. The van der Waals surface area contributed by atoms with Gasteiger partial charge >= 0.3 is 0 Å². The van der Waals surface area contributed by atoms with Gasteiger partial charge in [-0.25, -0.2) is 0 Å². The lowest BCUT2D eigenvalue weighted by molar-refractivity contribution is 0.680. The van der Waals surface area contributed by atoms with E-state index in [-0.39, 0.29) is 6.04 Å². The summed E-state index contributed by atoms with van der Waals surface area (Å²) < 4.78 is 0. The van der Waals surface area contributed by atoms with Crippen LogP contribution in [0.5, 0.6) is 0 Å². The molecule has 0 aromatic heterocycles. The van der Waals surface area contributed by atoms with Crippen LogP contribution in [-0.2, 0) is 0 Å². The molecule has 0 bridgehead atoms. The summed E-state index contributed by atoms with van der Waals surface area (Å²) in [6.07, 6.45) is 0. The van der Waals surface area contributed by atoms with Gasteiger partial charge in [-0.15, -0.1) is 0 Å². The van der Waals surface area contributed by atoms with Crippen molar-refractivity contribution < 1.29 is 0 Å². The molecule has 0 aliphatic rings. The van der Waals surface area contributed by atoms with Gasteiger partial charge in [0.05, 0.1) is 6.04 Å². The molecule has 1 unspecified atom stereocenters. The molecular weight excluding hydrogens is 194 g/mol. The van der Waals surface area contributed by atoms with Crippen LogP contribution in [0, 0.1) is 6.92 Å². The fourth-order valence-electron chi connectivity index (χ4n) is 1.49. The van der Waals surface area contributed by atoms with E-state index in [1.54, 1.807) is 0 Å². The van der Waals surface area contributed by atoms with E-state index in [4.69, 9.17) is 11.6 Å². The van der Waals surface area contributed by atoms with Crippen molar-refractivity contribution in [1.29, 1.82) is 0 Å². The maximum Gasteiger partial charge on any atom is 0.0528 e. The van der Waals surface area contributed by atoms with Crippen LogP contribution < -0.4 is 5.32 Å². The molecular formula is C12H16ClN. The summed E-state index contributed by atoms with van der Waals surface area (Å²) in [7, 11) is 1.92. The van der Waals surface area contributed by atoms with Crippen LogP contribution in [0.25, 0.3) is 0 Å². The van der Waals surface area contributed by atoms with Crippen molar-refractivity contribution in [2.24, 2.45) is 0 Å². The smallest absolute Gasteiger partial charge is 0.0528 e. The number of rotatable bonds is 3. The highest BCUT2D eigenvalue weighted by molar-refractivity contribution is 6.31. The third-order valence-corrected chi connectivity index (χ3v) is 2.72. The lowest BCUT2D eigenvalue weighted by Crippen LogP contribution is -2.16. The Labute approximate surface area is 90.8 Å². The average molecular weight is 210 g/mol. The van der Waals surface area contributed by atoms with Gasteiger partial charge in [0.2, 0.25) is 0 Å². The number of hydrogen-bond donors (Lipinski definition) is 1. The summed E-state index contributed by atoms with van der Waals surface area (Å²) in [5, 5.41) is 4.02. The molecule has 0 saturated carbocycles. The predicted octanol–water partition coefficient (Wildman–Crippen LogP) is 3.49. The molecule has 76 valence electrons. The molecule has 1 aromatic rings. The van der Waals surface area contributed by atoms with E-state index in [0.717, 1.165) is 21.7 Å². The van der Waals surface area contributed by atoms with Crippen molar-refractivity contribution >= 4 is 11.6 Å². The van der Waals surface area contributed by atoms with Crippen molar-refractivity contribution in [1.82, 2.24) is 5.32 Å². The first kappa shape index (κ1) is 11.3. The van der Waals surface area contributed by atoms with E-state index in [1.165, 1.54) is 0 Å². The lowest BCUT2D eigenvalue weighted by atomic mass is 10.0. The van der Waals surface area contributed by atoms with Crippen LogP contribution in [0.2, 0.25) is 5.02 Å². The van der Waals surface area contributed by atoms with Crippen LogP contribution in [0.15, 0.2) is 30.4 Å². The Morgan fingerprint density at radius 3 is 2.57 bits per heavy atom. The molecule has 0 heterocycles. The molecule has 2 heteroatoms. The summed E-state index contributed by atoms with van der Waals surface area (Å²) in [5.74, 6) is 0. The largest absolute Gasteiger partial charge is 0.310 e. The molecule has 1 N–H and O–H groups in total. The average Bonchev–Trinajstić information content (AvgIpc) is 2.11. The summed E-state index contributed by atoms with van der Waals surface area (Å²) in [6, 6.07) is 6.29. The highest BCUT2D eigenvalue weighted by Crippen LogP contribution is 2.24. The molecule has 0 amide bonds. The summed E-state index contributed by atoms with van der Waals surface area (Å²) in [4.78, 5) is 0. The molecule has 0 spiro atoms.